The van der Waals surface area contributed by atoms with Crippen LogP contribution >= 0.6 is 0 Å². The van der Waals surface area contributed by atoms with E-state index in [9.17, 15) is 9.90 Å². The topological polar surface area (TPSA) is 43.4 Å². The van der Waals surface area contributed by atoms with Gasteiger partial charge in [-0.15, -0.1) is 0 Å². The summed E-state index contributed by atoms with van der Waals surface area (Å²) in [6, 6.07) is -0.389. The normalized spacial score (nSPS) is 12.1. The van der Waals surface area contributed by atoms with Crippen LogP contribution in [0.4, 0.5) is 0 Å². The Labute approximate surface area is 282 Å². The summed E-state index contributed by atoms with van der Waals surface area (Å²) in [5.41, 5.74) is 0. The summed E-state index contributed by atoms with van der Waals surface area (Å²) in [5, 5.41) is 11.9. The summed E-state index contributed by atoms with van der Waals surface area (Å²) >= 11 is 0. The molecule has 0 spiro atoms. The predicted molar refractivity (Wildman–Crippen MR) is 162 cm³/mol. The summed E-state index contributed by atoms with van der Waals surface area (Å²) in [4.78, 5) is 14.2. The van der Waals surface area contributed by atoms with Crippen LogP contribution in [-0.4, -0.2) is 30.0 Å². The number of carbonyl (C=O) groups excluding carboxylic acids is 1. The van der Waals surface area contributed by atoms with Gasteiger partial charge in [-0.25, -0.2) is 0 Å². The van der Waals surface area contributed by atoms with Gasteiger partial charge >= 0.3 is 51.4 Å². The molecule has 3 nitrogen and oxygen atoms in total. The average Bonchev–Trinajstić information content (AvgIpc) is 2.89. The van der Waals surface area contributed by atoms with Gasteiger partial charge in [-0.05, 0) is 32.4 Å². The van der Waals surface area contributed by atoms with E-state index in [0.717, 1.165) is 45.2 Å². The van der Waals surface area contributed by atoms with Gasteiger partial charge in [0.1, 0.15) is 0 Å². The van der Waals surface area contributed by atoms with Crippen LogP contribution in [-0.2, 0) is 4.79 Å². The van der Waals surface area contributed by atoms with Gasteiger partial charge in [-0.1, -0.05) is 175 Å². The maximum Gasteiger partial charge on any atom is 1.00 e. The molecule has 0 aromatic heterocycles. The summed E-state index contributed by atoms with van der Waals surface area (Å²) in [6.45, 7) is 8.56. The Morgan fingerprint density at radius 3 is 1.00 bits per heavy atom. The zero-order valence-corrected chi connectivity index (χ0v) is 30.0. The fourth-order valence-electron chi connectivity index (χ4n) is 5.58. The average molecular weight is 562 g/mol. The molecule has 0 saturated heterocycles. The number of carboxylic acids is 1. The predicted octanol–water partition coefficient (Wildman–Crippen LogP) is 7.00. The molecule has 4 heteroatoms. The molecule has 0 N–H and O–H groups in total. The van der Waals surface area contributed by atoms with Gasteiger partial charge in [0.15, 0.2) is 0 Å². The van der Waals surface area contributed by atoms with E-state index in [2.05, 4.69) is 25.7 Å². The molecule has 0 aliphatic rings. The van der Waals surface area contributed by atoms with Crippen LogP contribution in [0.25, 0.3) is 0 Å². The minimum absolute atomic E-state index is 0. The molecule has 1 unspecified atom stereocenters. The van der Waals surface area contributed by atoms with Gasteiger partial charge < -0.3 is 9.90 Å². The summed E-state index contributed by atoms with van der Waals surface area (Å²) in [5.74, 6) is -0.855. The molecule has 0 saturated carbocycles. The maximum atomic E-state index is 11.9. The second-order valence-electron chi connectivity index (χ2n) is 11.8. The van der Waals surface area contributed by atoms with Crippen LogP contribution in [0.5, 0.6) is 0 Å². The number of hydrogen-bond donors (Lipinski definition) is 0. The Morgan fingerprint density at radius 1 is 0.474 bits per heavy atom. The maximum absolute atomic E-state index is 11.9. The molecule has 0 rings (SSSR count). The Kier molecular flexibility index (Phi) is 37.2. The van der Waals surface area contributed by atoms with E-state index in [1.165, 1.54) is 141 Å². The minimum Gasteiger partial charge on any atom is -0.548 e. The molecule has 222 valence electrons. The van der Waals surface area contributed by atoms with Crippen LogP contribution in [0.15, 0.2) is 0 Å². The van der Waals surface area contributed by atoms with Crippen molar-refractivity contribution in [2.75, 3.05) is 13.1 Å². The minimum atomic E-state index is -0.855. The zero-order chi connectivity index (χ0) is 27.2. The third-order valence-electron chi connectivity index (χ3n) is 8.14. The molecule has 0 aliphatic heterocycles. The Morgan fingerprint density at radius 2 is 0.737 bits per heavy atom. The smallest absolute Gasteiger partial charge is 0.548 e. The van der Waals surface area contributed by atoms with E-state index in [1.807, 2.05) is 0 Å². The Bertz CT molecular complexity index is 432. The first-order chi connectivity index (χ1) is 18.2. The Hall–Kier alpha value is 1.07. The van der Waals surface area contributed by atoms with Crippen LogP contribution < -0.4 is 56.5 Å². The monoisotopic (exact) mass is 561 g/mol. The number of carbonyl (C=O) groups is 1. The number of nitrogens with zero attached hydrogens (tertiary/aromatic N) is 1. The van der Waals surface area contributed by atoms with Crippen molar-refractivity contribution >= 4 is 5.97 Å². The molecule has 0 fully saturated rings. The second kappa shape index (κ2) is 34.3. The van der Waals surface area contributed by atoms with E-state index in [1.54, 1.807) is 0 Å². The molecule has 0 aromatic rings. The van der Waals surface area contributed by atoms with E-state index < -0.39 is 5.97 Å². The van der Waals surface area contributed by atoms with E-state index in [4.69, 9.17) is 0 Å². The molecule has 0 aliphatic carbocycles. The number of unbranched alkanes of at least 4 members (excludes halogenated alkanes) is 23. The molecule has 0 bridgehead atoms. The van der Waals surface area contributed by atoms with Crippen molar-refractivity contribution in [1.29, 1.82) is 0 Å². The molecule has 0 heterocycles. The van der Waals surface area contributed by atoms with Crippen LogP contribution in [0.2, 0.25) is 0 Å². The van der Waals surface area contributed by atoms with Crippen molar-refractivity contribution in [2.24, 2.45) is 0 Å². The van der Waals surface area contributed by atoms with Gasteiger partial charge in [0, 0.05) is 6.04 Å². The number of aliphatic carboxylic acids is 1. The van der Waals surface area contributed by atoms with Crippen LogP contribution in [0, 0.1) is 0 Å². The number of carboxylic acid groups (broad SMARTS) is 1. The van der Waals surface area contributed by atoms with E-state index >= 15 is 0 Å². The fourth-order valence-corrected chi connectivity index (χ4v) is 5.58. The quantitative estimate of drug-likeness (QED) is 0.0676. The molecule has 0 amide bonds. The van der Waals surface area contributed by atoms with Gasteiger partial charge in [0.05, 0.1) is 5.97 Å². The first-order valence-electron chi connectivity index (χ1n) is 17.1. The zero-order valence-electron chi connectivity index (χ0n) is 26.8. The summed E-state index contributed by atoms with van der Waals surface area (Å²) in [6.07, 6.45) is 35.1. The van der Waals surface area contributed by atoms with Gasteiger partial charge in [0.2, 0.25) is 0 Å². The third-order valence-corrected chi connectivity index (χ3v) is 8.14. The van der Waals surface area contributed by atoms with Crippen LogP contribution in [0.3, 0.4) is 0 Å². The van der Waals surface area contributed by atoms with Gasteiger partial charge in [-0.3, -0.25) is 4.90 Å². The largest absolute Gasteiger partial charge is 1.00 e. The summed E-state index contributed by atoms with van der Waals surface area (Å²) < 4.78 is 0. The SMILES string of the molecule is CCCCCCCCCCCCCCN(CCCCCCCCCCCCCC)C(CCCC)C(=O)[O-].[K+]. The molecule has 0 radical (unpaired) electrons. The van der Waals surface area contributed by atoms with E-state index in [-0.39, 0.29) is 57.4 Å². The van der Waals surface area contributed by atoms with Gasteiger partial charge in [0.25, 0.3) is 0 Å². The second-order valence-corrected chi connectivity index (χ2v) is 11.8. The number of hydrogen-bond acceptors (Lipinski definition) is 3. The van der Waals surface area contributed by atoms with Crippen molar-refractivity contribution in [3.05, 3.63) is 0 Å². The summed E-state index contributed by atoms with van der Waals surface area (Å²) in [7, 11) is 0. The molecule has 1 atom stereocenters. The first kappa shape index (κ1) is 41.2. The third kappa shape index (κ3) is 28.6. The van der Waals surface area contributed by atoms with Gasteiger partial charge in [-0.2, -0.15) is 0 Å². The van der Waals surface area contributed by atoms with Crippen molar-refractivity contribution in [2.45, 2.75) is 200 Å². The Balaban J connectivity index is 0. The molecular formula is C34H68KNO2. The molecule has 38 heavy (non-hydrogen) atoms. The van der Waals surface area contributed by atoms with Crippen LogP contribution in [0.1, 0.15) is 194 Å². The van der Waals surface area contributed by atoms with Crippen molar-refractivity contribution in [3.8, 4) is 0 Å². The van der Waals surface area contributed by atoms with Crippen molar-refractivity contribution < 1.29 is 61.3 Å². The van der Waals surface area contributed by atoms with Crippen molar-refractivity contribution in [1.82, 2.24) is 4.90 Å². The fraction of sp³-hybridized carbons (Fsp3) is 0.971. The molecular weight excluding hydrogens is 493 g/mol. The number of rotatable bonds is 31. The van der Waals surface area contributed by atoms with Crippen molar-refractivity contribution in [3.63, 3.8) is 0 Å². The van der Waals surface area contributed by atoms with E-state index in [0.29, 0.717) is 0 Å². The molecule has 0 aromatic carbocycles. The first-order valence-corrected chi connectivity index (χ1v) is 17.1. The standard InChI is InChI=1S/C34H69NO2.K/c1-4-7-10-12-14-16-18-20-22-24-26-28-31-35(33(34(36)37)30-9-6-3)32-29-27-25-23-21-19-17-15-13-11-8-5-2;/h33H,4-32H2,1-3H3,(H,36,37);/q;+1/p-1.